The lowest BCUT2D eigenvalue weighted by Gasteiger charge is -2.19. The molecular formula is C23H23N3O4S. The number of hydrogen-bond acceptors (Lipinski definition) is 4. The number of sulfonamides is 1. The summed E-state index contributed by atoms with van der Waals surface area (Å²) in [6.07, 6.45) is 0.601. The summed E-state index contributed by atoms with van der Waals surface area (Å²) in [5.41, 5.74) is 2.20. The van der Waals surface area contributed by atoms with Crippen LogP contribution in [-0.4, -0.2) is 39.4 Å². The number of anilines is 2. The van der Waals surface area contributed by atoms with Crippen LogP contribution in [0.4, 0.5) is 16.2 Å². The van der Waals surface area contributed by atoms with E-state index in [0.29, 0.717) is 24.4 Å². The number of ether oxygens (including phenoxy) is 1. The van der Waals surface area contributed by atoms with Gasteiger partial charge < -0.3 is 10.1 Å². The number of nitrogens with one attached hydrogen (secondary N) is 1. The Balaban J connectivity index is 1.45. The predicted molar refractivity (Wildman–Crippen MR) is 120 cm³/mol. The van der Waals surface area contributed by atoms with Gasteiger partial charge in [0.05, 0.1) is 4.90 Å². The molecule has 1 aliphatic rings. The zero-order valence-corrected chi connectivity index (χ0v) is 18.1. The van der Waals surface area contributed by atoms with Gasteiger partial charge in [-0.1, -0.05) is 18.2 Å². The first kappa shape index (κ1) is 20.9. The van der Waals surface area contributed by atoms with Crippen LogP contribution < -0.4 is 15.0 Å². The average molecular weight is 438 g/mol. The van der Waals surface area contributed by atoms with Crippen molar-refractivity contribution in [2.75, 3.05) is 30.9 Å². The number of fused-ring (bicyclic) bond motifs is 1. The molecule has 3 aromatic rings. The van der Waals surface area contributed by atoms with Crippen LogP contribution in [0.15, 0.2) is 77.7 Å². The van der Waals surface area contributed by atoms with E-state index in [1.807, 2.05) is 30.3 Å². The molecule has 31 heavy (non-hydrogen) atoms. The minimum atomic E-state index is -3.51. The molecule has 0 atom stereocenters. The molecule has 3 aromatic carbocycles. The molecule has 0 spiro atoms. The van der Waals surface area contributed by atoms with Crippen LogP contribution in [-0.2, 0) is 16.4 Å². The van der Waals surface area contributed by atoms with Gasteiger partial charge >= 0.3 is 6.03 Å². The van der Waals surface area contributed by atoms with Crippen LogP contribution >= 0.6 is 0 Å². The molecule has 1 heterocycles. The highest BCUT2D eigenvalue weighted by atomic mass is 32.2. The molecule has 0 aromatic heterocycles. The Morgan fingerprint density at radius 1 is 0.968 bits per heavy atom. The first-order valence-corrected chi connectivity index (χ1v) is 11.3. The van der Waals surface area contributed by atoms with E-state index in [1.54, 1.807) is 41.3 Å². The average Bonchev–Trinajstić information content (AvgIpc) is 3.19. The quantitative estimate of drug-likeness (QED) is 0.645. The van der Waals surface area contributed by atoms with E-state index in [4.69, 9.17) is 4.74 Å². The van der Waals surface area contributed by atoms with Crippen LogP contribution in [0.25, 0.3) is 0 Å². The van der Waals surface area contributed by atoms with Crippen molar-refractivity contribution >= 4 is 27.4 Å². The monoisotopic (exact) mass is 437 g/mol. The highest BCUT2D eigenvalue weighted by Crippen LogP contribution is 2.31. The second-order valence-corrected chi connectivity index (χ2v) is 9.50. The van der Waals surface area contributed by atoms with Crippen molar-refractivity contribution in [2.45, 2.75) is 11.3 Å². The van der Waals surface area contributed by atoms with E-state index in [-0.39, 0.29) is 10.9 Å². The van der Waals surface area contributed by atoms with E-state index in [0.717, 1.165) is 17.0 Å². The molecule has 0 unspecified atom stereocenters. The minimum Gasteiger partial charge on any atom is -0.457 e. The Morgan fingerprint density at radius 3 is 2.32 bits per heavy atom. The number of hydrogen-bond donors (Lipinski definition) is 1. The number of urea groups is 1. The molecule has 0 aliphatic carbocycles. The predicted octanol–water partition coefficient (Wildman–Crippen LogP) is 4.32. The van der Waals surface area contributed by atoms with E-state index < -0.39 is 10.0 Å². The molecule has 1 N–H and O–H groups in total. The van der Waals surface area contributed by atoms with Gasteiger partial charge in [-0.2, -0.15) is 0 Å². The molecule has 2 amide bonds. The van der Waals surface area contributed by atoms with Crippen molar-refractivity contribution in [3.8, 4) is 11.5 Å². The summed E-state index contributed by atoms with van der Waals surface area (Å²) in [4.78, 5) is 14.7. The highest BCUT2D eigenvalue weighted by Gasteiger charge is 2.27. The molecular weight excluding hydrogens is 414 g/mol. The fourth-order valence-corrected chi connectivity index (χ4v) is 4.34. The summed E-state index contributed by atoms with van der Waals surface area (Å²) >= 11 is 0. The minimum absolute atomic E-state index is 0.229. The smallest absolute Gasteiger partial charge is 0.326 e. The van der Waals surface area contributed by atoms with Crippen molar-refractivity contribution in [2.24, 2.45) is 0 Å². The summed E-state index contributed by atoms with van der Waals surface area (Å²) in [5.74, 6) is 1.41. The van der Waals surface area contributed by atoms with Crippen molar-refractivity contribution in [3.63, 3.8) is 0 Å². The van der Waals surface area contributed by atoms with E-state index >= 15 is 0 Å². The SMILES string of the molecule is CN(C)S(=O)(=O)c1ccc2c(c1)CCN2C(=O)Nc1ccc(Oc2ccccc2)cc1. The first-order valence-electron chi connectivity index (χ1n) is 9.81. The molecule has 0 bridgehead atoms. The third-order valence-electron chi connectivity index (χ3n) is 5.05. The fourth-order valence-electron chi connectivity index (χ4n) is 3.38. The number of carbonyl (C=O) groups is 1. The normalized spacial score (nSPS) is 13.2. The molecule has 160 valence electrons. The number of amides is 2. The maximum absolute atomic E-state index is 12.8. The second kappa shape index (κ2) is 8.41. The van der Waals surface area contributed by atoms with Crippen LogP contribution in [0.1, 0.15) is 5.56 Å². The van der Waals surface area contributed by atoms with E-state index in [2.05, 4.69) is 5.32 Å². The maximum Gasteiger partial charge on any atom is 0.326 e. The van der Waals surface area contributed by atoms with Crippen LogP contribution in [0.3, 0.4) is 0 Å². The van der Waals surface area contributed by atoms with Crippen molar-refractivity contribution in [3.05, 3.63) is 78.4 Å². The Kier molecular flexibility index (Phi) is 5.67. The Labute approximate surface area is 181 Å². The summed E-state index contributed by atoms with van der Waals surface area (Å²) in [5, 5.41) is 2.88. The molecule has 1 aliphatic heterocycles. The van der Waals surface area contributed by atoms with Crippen LogP contribution in [0.2, 0.25) is 0 Å². The van der Waals surface area contributed by atoms with E-state index in [1.165, 1.54) is 24.5 Å². The fraction of sp³-hybridized carbons (Fsp3) is 0.174. The molecule has 7 nitrogen and oxygen atoms in total. The zero-order chi connectivity index (χ0) is 22.0. The zero-order valence-electron chi connectivity index (χ0n) is 17.3. The van der Waals surface area contributed by atoms with Crippen LogP contribution in [0.5, 0.6) is 11.5 Å². The standard InChI is InChI=1S/C23H23N3O4S/c1-25(2)31(28,29)21-12-13-22-17(16-21)14-15-26(22)23(27)24-18-8-10-20(11-9-18)30-19-6-4-3-5-7-19/h3-13,16H,14-15H2,1-2H3,(H,24,27). The first-order chi connectivity index (χ1) is 14.8. The van der Waals surface area contributed by atoms with Gasteiger partial charge in [0, 0.05) is 32.0 Å². The van der Waals surface area contributed by atoms with Gasteiger partial charge in [0.25, 0.3) is 0 Å². The number of carbonyl (C=O) groups excluding carboxylic acids is 1. The van der Waals surface area contributed by atoms with Gasteiger partial charge in [-0.15, -0.1) is 0 Å². The molecule has 0 saturated carbocycles. The third-order valence-corrected chi connectivity index (χ3v) is 6.87. The van der Waals surface area contributed by atoms with Gasteiger partial charge in [-0.25, -0.2) is 17.5 Å². The lowest BCUT2D eigenvalue weighted by molar-refractivity contribution is 0.257. The third kappa shape index (κ3) is 4.40. The van der Waals surface area contributed by atoms with Gasteiger partial charge in [-0.05, 0) is 66.6 Å². The van der Waals surface area contributed by atoms with E-state index in [9.17, 15) is 13.2 Å². The maximum atomic E-state index is 12.8. The Hall–Kier alpha value is -3.36. The summed E-state index contributed by atoms with van der Waals surface area (Å²) < 4.78 is 31.7. The van der Waals surface area contributed by atoms with Gasteiger partial charge in [0.1, 0.15) is 11.5 Å². The lowest BCUT2D eigenvalue weighted by Crippen LogP contribution is -2.33. The lowest BCUT2D eigenvalue weighted by atomic mass is 10.2. The molecule has 0 radical (unpaired) electrons. The van der Waals surface area contributed by atoms with Gasteiger partial charge in [-0.3, -0.25) is 4.90 Å². The number of benzene rings is 3. The summed E-state index contributed by atoms with van der Waals surface area (Å²) in [7, 11) is -0.512. The molecule has 0 saturated heterocycles. The van der Waals surface area contributed by atoms with Gasteiger partial charge in [0.15, 0.2) is 0 Å². The number of para-hydroxylation sites is 1. The van der Waals surface area contributed by atoms with Crippen molar-refractivity contribution in [1.29, 1.82) is 0 Å². The second-order valence-electron chi connectivity index (χ2n) is 7.35. The van der Waals surface area contributed by atoms with Crippen molar-refractivity contribution < 1.29 is 17.9 Å². The van der Waals surface area contributed by atoms with Crippen LogP contribution in [0, 0.1) is 0 Å². The number of nitrogens with zero attached hydrogens (tertiary/aromatic N) is 2. The summed E-state index contributed by atoms with van der Waals surface area (Å²) in [6, 6.07) is 21.2. The highest BCUT2D eigenvalue weighted by molar-refractivity contribution is 7.89. The van der Waals surface area contributed by atoms with Gasteiger partial charge in [0.2, 0.25) is 10.0 Å². The van der Waals surface area contributed by atoms with Crippen molar-refractivity contribution in [1.82, 2.24) is 4.31 Å². The molecule has 0 fully saturated rings. The summed E-state index contributed by atoms with van der Waals surface area (Å²) in [6.45, 7) is 0.488. The molecule has 4 rings (SSSR count). The molecule has 8 heteroatoms. The topological polar surface area (TPSA) is 79.0 Å². The largest absolute Gasteiger partial charge is 0.457 e. The number of rotatable bonds is 5. The Bertz CT molecular complexity index is 1190. The Morgan fingerprint density at radius 2 is 1.65 bits per heavy atom.